The van der Waals surface area contributed by atoms with E-state index >= 15 is 0 Å². The Morgan fingerprint density at radius 1 is 1.14 bits per heavy atom. The standard InChI is InChI=1S/C23H24N2O2S/c1-4-13-27-20-10-6-18(7-11-20)8-12-22(26)25-23-24-21(15-28-23)19-9-5-16(2)17(3)14-19/h5-12,14-15H,4,13H2,1-3H3,(H,24,25,26). The van der Waals surface area contributed by atoms with Crippen LogP contribution in [0.15, 0.2) is 53.9 Å². The molecule has 3 rings (SSSR count). The summed E-state index contributed by atoms with van der Waals surface area (Å²) in [4.78, 5) is 16.7. The maximum atomic E-state index is 12.2. The minimum atomic E-state index is -0.202. The van der Waals surface area contributed by atoms with Crippen LogP contribution >= 0.6 is 11.3 Å². The Kier molecular flexibility index (Phi) is 6.61. The third kappa shape index (κ3) is 5.30. The lowest BCUT2D eigenvalue weighted by Gasteiger charge is -2.04. The van der Waals surface area contributed by atoms with Crippen molar-refractivity contribution in [1.29, 1.82) is 0 Å². The molecule has 3 aromatic rings. The number of amides is 1. The van der Waals surface area contributed by atoms with Gasteiger partial charge in [0.25, 0.3) is 0 Å². The Hall–Kier alpha value is -2.92. The maximum Gasteiger partial charge on any atom is 0.250 e. The molecule has 2 aromatic carbocycles. The molecule has 4 nitrogen and oxygen atoms in total. The number of hydrogen-bond donors (Lipinski definition) is 1. The molecule has 5 heteroatoms. The van der Waals surface area contributed by atoms with E-state index in [9.17, 15) is 4.79 Å². The first-order chi connectivity index (χ1) is 13.5. The zero-order valence-electron chi connectivity index (χ0n) is 16.4. The second-order valence-electron chi connectivity index (χ2n) is 6.58. The highest BCUT2D eigenvalue weighted by Gasteiger charge is 2.07. The predicted molar refractivity (Wildman–Crippen MR) is 117 cm³/mol. The van der Waals surface area contributed by atoms with Crippen LogP contribution in [0.1, 0.15) is 30.0 Å². The van der Waals surface area contributed by atoms with Crippen molar-refractivity contribution in [3.63, 3.8) is 0 Å². The van der Waals surface area contributed by atoms with Gasteiger partial charge in [-0.1, -0.05) is 31.2 Å². The molecule has 28 heavy (non-hydrogen) atoms. The number of nitrogens with one attached hydrogen (secondary N) is 1. The van der Waals surface area contributed by atoms with E-state index in [-0.39, 0.29) is 5.91 Å². The number of rotatable bonds is 7. The van der Waals surface area contributed by atoms with Crippen LogP contribution in [0.4, 0.5) is 5.13 Å². The number of thiazole rings is 1. The van der Waals surface area contributed by atoms with Crippen molar-refractivity contribution < 1.29 is 9.53 Å². The van der Waals surface area contributed by atoms with Crippen LogP contribution in [0.25, 0.3) is 17.3 Å². The predicted octanol–water partition coefficient (Wildman–Crippen LogP) is 5.87. The number of aromatic nitrogens is 1. The molecule has 144 valence electrons. The van der Waals surface area contributed by atoms with Crippen molar-refractivity contribution in [2.24, 2.45) is 0 Å². The molecule has 0 atom stereocenters. The highest BCUT2D eigenvalue weighted by Crippen LogP contribution is 2.26. The van der Waals surface area contributed by atoms with E-state index < -0.39 is 0 Å². The smallest absolute Gasteiger partial charge is 0.250 e. The molecular weight excluding hydrogens is 368 g/mol. The number of nitrogens with zero attached hydrogens (tertiary/aromatic N) is 1. The number of benzene rings is 2. The summed E-state index contributed by atoms with van der Waals surface area (Å²) in [6.07, 6.45) is 4.26. The van der Waals surface area contributed by atoms with Crippen LogP contribution in [-0.2, 0) is 4.79 Å². The van der Waals surface area contributed by atoms with Crippen molar-refractivity contribution >= 4 is 28.5 Å². The largest absolute Gasteiger partial charge is 0.494 e. The molecule has 1 heterocycles. The molecule has 1 N–H and O–H groups in total. The molecular formula is C23H24N2O2S. The van der Waals surface area contributed by atoms with Gasteiger partial charge in [0.1, 0.15) is 5.75 Å². The Bertz CT molecular complexity index is 975. The lowest BCUT2D eigenvalue weighted by atomic mass is 10.1. The normalized spacial score (nSPS) is 11.0. The number of carbonyl (C=O) groups excluding carboxylic acids is 1. The van der Waals surface area contributed by atoms with Crippen molar-refractivity contribution in [3.8, 4) is 17.0 Å². The Morgan fingerprint density at radius 3 is 2.64 bits per heavy atom. The van der Waals surface area contributed by atoms with Crippen LogP contribution < -0.4 is 10.1 Å². The Labute approximate surface area is 169 Å². The first kappa shape index (κ1) is 19.8. The van der Waals surface area contributed by atoms with Crippen LogP contribution in [-0.4, -0.2) is 17.5 Å². The summed E-state index contributed by atoms with van der Waals surface area (Å²) < 4.78 is 5.56. The molecule has 1 aromatic heterocycles. The van der Waals surface area contributed by atoms with Gasteiger partial charge in [-0.15, -0.1) is 11.3 Å². The van der Waals surface area contributed by atoms with Crippen LogP contribution in [0.2, 0.25) is 0 Å². The van der Waals surface area contributed by atoms with E-state index in [0.29, 0.717) is 11.7 Å². The number of anilines is 1. The Balaban J connectivity index is 1.59. The highest BCUT2D eigenvalue weighted by atomic mass is 32.1. The van der Waals surface area contributed by atoms with E-state index in [1.54, 1.807) is 6.08 Å². The second kappa shape index (κ2) is 9.33. The summed E-state index contributed by atoms with van der Waals surface area (Å²) in [5.41, 5.74) is 5.34. The summed E-state index contributed by atoms with van der Waals surface area (Å²) in [7, 11) is 0. The third-order valence-electron chi connectivity index (χ3n) is 4.32. The van der Waals surface area contributed by atoms with Gasteiger partial charge in [-0.25, -0.2) is 4.98 Å². The molecule has 0 unspecified atom stereocenters. The van der Waals surface area contributed by atoms with Crippen LogP contribution in [0.5, 0.6) is 5.75 Å². The van der Waals surface area contributed by atoms with Crippen molar-refractivity contribution in [1.82, 2.24) is 4.98 Å². The van der Waals surface area contributed by atoms with Gasteiger partial charge in [-0.3, -0.25) is 10.1 Å². The molecule has 0 aliphatic rings. The van der Waals surface area contributed by atoms with Crippen LogP contribution in [0.3, 0.4) is 0 Å². The molecule has 1 amide bonds. The second-order valence-corrected chi connectivity index (χ2v) is 7.44. The number of carbonyl (C=O) groups is 1. The van der Waals surface area contributed by atoms with Gasteiger partial charge in [0, 0.05) is 17.0 Å². The minimum absolute atomic E-state index is 0.202. The fraction of sp³-hybridized carbons (Fsp3) is 0.217. The molecule has 0 bridgehead atoms. The average molecular weight is 393 g/mol. The molecule has 0 aliphatic carbocycles. The van der Waals surface area contributed by atoms with Crippen molar-refractivity contribution in [2.45, 2.75) is 27.2 Å². The van der Waals surface area contributed by atoms with Crippen molar-refractivity contribution in [3.05, 3.63) is 70.6 Å². The molecule has 0 spiro atoms. The topological polar surface area (TPSA) is 51.2 Å². The van der Waals surface area contributed by atoms with E-state index in [2.05, 4.69) is 49.3 Å². The summed E-state index contributed by atoms with van der Waals surface area (Å²) in [6.45, 7) is 6.95. The van der Waals surface area contributed by atoms with Gasteiger partial charge in [-0.05, 0) is 61.2 Å². The quantitative estimate of drug-likeness (QED) is 0.512. The summed E-state index contributed by atoms with van der Waals surface area (Å²) in [6, 6.07) is 13.9. The van der Waals surface area contributed by atoms with Gasteiger partial charge in [0.2, 0.25) is 5.91 Å². The first-order valence-corrected chi connectivity index (χ1v) is 10.2. The number of hydrogen-bond acceptors (Lipinski definition) is 4. The lowest BCUT2D eigenvalue weighted by Crippen LogP contribution is -2.07. The highest BCUT2D eigenvalue weighted by molar-refractivity contribution is 7.14. The fourth-order valence-electron chi connectivity index (χ4n) is 2.58. The molecule has 0 fully saturated rings. The third-order valence-corrected chi connectivity index (χ3v) is 5.07. The van der Waals surface area contributed by atoms with Gasteiger partial charge in [-0.2, -0.15) is 0 Å². The molecule has 0 radical (unpaired) electrons. The zero-order chi connectivity index (χ0) is 19.9. The van der Waals surface area contributed by atoms with Gasteiger partial charge in [0.15, 0.2) is 5.13 Å². The number of aryl methyl sites for hydroxylation is 2. The minimum Gasteiger partial charge on any atom is -0.494 e. The summed E-state index contributed by atoms with van der Waals surface area (Å²) in [5, 5.41) is 5.37. The summed E-state index contributed by atoms with van der Waals surface area (Å²) >= 11 is 1.42. The van der Waals surface area contributed by atoms with E-state index in [4.69, 9.17) is 4.74 Å². The van der Waals surface area contributed by atoms with E-state index in [1.807, 2.05) is 29.6 Å². The molecule has 0 aliphatic heterocycles. The summed E-state index contributed by atoms with van der Waals surface area (Å²) in [5.74, 6) is 0.636. The van der Waals surface area contributed by atoms with E-state index in [0.717, 1.165) is 29.0 Å². The van der Waals surface area contributed by atoms with Gasteiger partial charge < -0.3 is 4.74 Å². The monoisotopic (exact) mass is 392 g/mol. The van der Waals surface area contributed by atoms with E-state index in [1.165, 1.54) is 28.5 Å². The number of ether oxygens (including phenoxy) is 1. The van der Waals surface area contributed by atoms with Crippen LogP contribution in [0, 0.1) is 13.8 Å². The first-order valence-electron chi connectivity index (χ1n) is 9.30. The Morgan fingerprint density at radius 2 is 1.93 bits per heavy atom. The fourth-order valence-corrected chi connectivity index (χ4v) is 3.30. The van der Waals surface area contributed by atoms with Crippen molar-refractivity contribution in [2.75, 3.05) is 11.9 Å². The zero-order valence-corrected chi connectivity index (χ0v) is 17.2. The SMILES string of the molecule is CCCOc1ccc(C=CC(=O)Nc2nc(-c3ccc(C)c(C)c3)cs2)cc1. The molecule has 0 saturated carbocycles. The maximum absolute atomic E-state index is 12.2. The average Bonchev–Trinajstić information content (AvgIpc) is 3.16. The van der Waals surface area contributed by atoms with Gasteiger partial charge in [0.05, 0.1) is 12.3 Å². The molecule has 0 saturated heterocycles. The van der Waals surface area contributed by atoms with Gasteiger partial charge >= 0.3 is 0 Å². The lowest BCUT2D eigenvalue weighted by molar-refractivity contribution is -0.111.